The van der Waals surface area contributed by atoms with E-state index in [0.717, 1.165) is 19.6 Å². The Kier molecular flexibility index (Phi) is 2.95. The molecule has 3 heteroatoms. The van der Waals surface area contributed by atoms with Crippen LogP contribution in [-0.2, 0) is 24.4 Å². The van der Waals surface area contributed by atoms with Gasteiger partial charge in [0.2, 0.25) is 11.6 Å². The lowest BCUT2D eigenvalue weighted by Crippen LogP contribution is -2.38. The van der Waals surface area contributed by atoms with Gasteiger partial charge in [0.25, 0.3) is 0 Å². The van der Waals surface area contributed by atoms with Crippen molar-refractivity contribution < 1.29 is 9.36 Å². The van der Waals surface area contributed by atoms with E-state index in [4.69, 9.17) is 0 Å². The Hall–Kier alpha value is -1.38. The van der Waals surface area contributed by atoms with E-state index in [2.05, 4.69) is 29.8 Å². The second kappa shape index (κ2) is 4.24. The lowest BCUT2D eigenvalue weighted by molar-refractivity contribution is -0.701. The number of rotatable bonds is 2. The Labute approximate surface area is 96.7 Å². The smallest absolute Gasteiger partial charge is 0.225 e. The van der Waals surface area contributed by atoms with Gasteiger partial charge in [0.05, 0.1) is 6.54 Å². The van der Waals surface area contributed by atoms with Crippen molar-refractivity contribution in [2.45, 2.75) is 40.4 Å². The Morgan fingerprint density at radius 2 is 2.25 bits per heavy atom. The van der Waals surface area contributed by atoms with Crippen molar-refractivity contribution >= 4 is 5.91 Å². The summed E-state index contributed by atoms with van der Waals surface area (Å²) in [6.45, 7) is 8.55. The molecule has 0 aromatic carbocycles. The van der Waals surface area contributed by atoms with Crippen LogP contribution >= 0.6 is 0 Å². The van der Waals surface area contributed by atoms with Crippen LogP contribution in [0, 0.1) is 5.92 Å². The fourth-order valence-corrected chi connectivity index (χ4v) is 2.23. The van der Waals surface area contributed by atoms with Crippen LogP contribution in [0.15, 0.2) is 18.3 Å². The van der Waals surface area contributed by atoms with Gasteiger partial charge in [-0.2, -0.15) is 0 Å². The van der Waals surface area contributed by atoms with E-state index in [9.17, 15) is 4.79 Å². The molecule has 0 radical (unpaired) electrons. The molecule has 0 saturated carbocycles. The largest absolute Gasteiger partial charge is 0.327 e. The van der Waals surface area contributed by atoms with E-state index in [1.807, 2.05) is 18.7 Å². The first kappa shape index (κ1) is 11.1. The molecule has 0 fully saturated rings. The highest BCUT2D eigenvalue weighted by Crippen LogP contribution is 2.20. The summed E-state index contributed by atoms with van der Waals surface area (Å²) in [5.41, 5.74) is 2.58. The maximum atomic E-state index is 11.9. The van der Waals surface area contributed by atoms with Crippen molar-refractivity contribution in [2.75, 3.05) is 0 Å². The molecule has 16 heavy (non-hydrogen) atoms. The van der Waals surface area contributed by atoms with Gasteiger partial charge in [-0.3, -0.25) is 4.79 Å². The van der Waals surface area contributed by atoms with Crippen molar-refractivity contribution in [2.24, 2.45) is 5.92 Å². The van der Waals surface area contributed by atoms with Gasteiger partial charge >= 0.3 is 0 Å². The van der Waals surface area contributed by atoms with E-state index in [-0.39, 0.29) is 11.8 Å². The molecule has 2 heterocycles. The molecule has 1 aromatic heterocycles. The number of hydrogen-bond donors (Lipinski definition) is 0. The van der Waals surface area contributed by atoms with Gasteiger partial charge in [0, 0.05) is 17.5 Å². The maximum Gasteiger partial charge on any atom is 0.225 e. The molecule has 1 aromatic rings. The number of amides is 1. The second-order valence-corrected chi connectivity index (χ2v) is 4.62. The summed E-state index contributed by atoms with van der Waals surface area (Å²) in [4.78, 5) is 13.9. The van der Waals surface area contributed by atoms with Crippen molar-refractivity contribution in [1.29, 1.82) is 0 Å². The van der Waals surface area contributed by atoms with Crippen LogP contribution in [0.3, 0.4) is 0 Å². The number of hydrogen-bond acceptors (Lipinski definition) is 1. The summed E-state index contributed by atoms with van der Waals surface area (Å²) >= 11 is 0. The van der Waals surface area contributed by atoms with Crippen LogP contribution in [0.4, 0.5) is 0 Å². The number of aryl methyl sites for hydroxylation is 1. The van der Waals surface area contributed by atoms with E-state index < -0.39 is 0 Å². The maximum absolute atomic E-state index is 11.9. The zero-order chi connectivity index (χ0) is 11.7. The van der Waals surface area contributed by atoms with Crippen LogP contribution in [0.1, 0.15) is 32.0 Å². The SMILES string of the molecule is CC[n+]1cccc2c1CN(C(=O)C(C)C)C2. The minimum atomic E-state index is 0.0874. The Bertz CT molecular complexity index is 412. The number of aromatic nitrogens is 1. The quantitative estimate of drug-likeness (QED) is 0.692. The molecule has 3 nitrogen and oxygen atoms in total. The highest BCUT2D eigenvalue weighted by atomic mass is 16.2. The predicted octanol–water partition coefficient (Wildman–Crippen LogP) is 1.49. The molecule has 1 amide bonds. The van der Waals surface area contributed by atoms with Gasteiger partial charge < -0.3 is 4.90 Å². The molecule has 0 unspecified atom stereocenters. The number of pyridine rings is 1. The summed E-state index contributed by atoms with van der Waals surface area (Å²) in [5.74, 6) is 0.336. The monoisotopic (exact) mass is 219 g/mol. The van der Waals surface area contributed by atoms with Gasteiger partial charge in [0.15, 0.2) is 6.20 Å². The van der Waals surface area contributed by atoms with Gasteiger partial charge in [0.1, 0.15) is 13.1 Å². The molecule has 0 atom stereocenters. The topological polar surface area (TPSA) is 24.2 Å². The molecule has 0 saturated heterocycles. The van der Waals surface area contributed by atoms with Gasteiger partial charge in [-0.25, -0.2) is 4.57 Å². The van der Waals surface area contributed by atoms with Crippen molar-refractivity contribution in [1.82, 2.24) is 4.90 Å². The second-order valence-electron chi connectivity index (χ2n) is 4.62. The number of fused-ring (bicyclic) bond motifs is 1. The summed E-state index contributed by atoms with van der Waals surface area (Å²) in [6, 6.07) is 4.18. The molecule has 0 spiro atoms. The van der Waals surface area contributed by atoms with Crippen LogP contribution in [0.5, 0.6) is 0 Å². The standard InChI is InChI=1S/C13H19N2O/c1-4-14-7-5-6-11-8-15(9-12(11)14)13(16)10(2)3/h5-7,10H,4,8-9H2,1-3H3/q+1. The minimum absolute atomic E-state index is 0.0874. The van der Waals surface area contributed by atoms with Gasteiger partial charge in [-0.05, 0) is 13.0 Å². The number of nitrogens with zero attached hydrogens (tertiary/aromatic N) is 2. The molecule has 0 bridgehead atoms. The lowest BCUT2D eigenvalue weighted by Gasteiger charge is -2.16. The first-order chi connectivity index (χ1) is 7.63. The number of carbonyl (C=O) groups excluding carboxylic acids is 1. The Balaban J connectivity index is 2.24. The van der Waals surface area contributed by atoms with Crippen LogP contribution < -0.4 is 4.57 Å². The summed E-state index contributed by atoms with van der Waals surface area (Å²) in [7, 11) is 0. The fraction of sp³-hybridized carbons (Fsp3) is 0.538. The van der Waals surface area contributed by atoms with Crippen molar-refractivity contribution in [3.05, 3.63) is 29.6 Å². The first-order valence-corrected chi connectivity index (χ1v) is 5.92. The van der Waals surface area contributed by atoms with E-state index in [1.165, 1.54) is 11.3 Å². The molecule has 0 aliphatic carbocycles. The first-order valence-electron chi connectivity index (χ1n) is 5.92. The third-order valence-electron chi connectivity index (χ3n) is 3.13. The average molecular weight is 219 g/mol. The molecular formula is C13H19N2O+. The zero-order valence-electron chi connectivity index (χ0n) is 10.2. The molecular weight excluding hydrogens is 200 g/mol. The highest BCUT2D eigenvalue weighted by molar-refractivity contribution is 5.78. The zero-order valence-corrected chi connectivity index (χ0v) is 10.2. The van der Waals surface area contributed by atoms with E-state index >= 15 is 0 Å². The summed E-state index contributed by atoms with van der Waals surface area (Å²) in [5, 5.41) is 0. The normalized spacial score (nSPS) is 14.4. The van der Waals surface area contributed by atoms with Crippen LogP contribution in [0.2, 0.25) is 0 Å². The third-order valence-corrected chi connectivity index (χ3v) is 3.13. The highest BCUT2D eigenvalue weighted by Gasteiger charge is 2.30. The summed E-state index contributed by atoms with van der Waals surface area (Å²) in [6.07, 6.45) is 2.09. The third kappa shape index (κ3) is 1.82. The number of carbonyl (C=O) groups is 1. The molecule has 1 aliphatic rings. The van der Waals surface area contributed by atoms with Gasteiger partial charge in [-0.15, -0.1) is 0 Å². The lowest BCUT2D eigenvalue weighted by atomic mass is 10.2. The molecule has 86 valence electrons. The summed E-state index contributed by atoms with van der Waals surface area (Å²) < 4.78 is 2.23. The average Bonchev–Trinajstić information content (AvgIpc) is 2.70. The van der Waals surface area contributed by atoms with Crippen molar-refractivity contribution in [3.8, 4) is 0 Å². The minimum Gasteiger partial charge on any atom is -0.327 e. The van der Waals surface area contributed by atoms with E-state index in [0.29, 0.717) is 0 Å². The van der Waals surface area contributed by atoms with Crippen molar-refractivity contribution in [3.63, 3.8) is 0 Å². The predicted molar refractivity (Wildman–Crippen MR) is 61.4 cm³/mol. The molecule has 0 N–H and O–H groups in total. The Morgan fingerprint density at radius 1 is 1.50 bits per heavy atom. The molecule has 2 rings (SSSR count). The van der Waals surface area contributed by atoms with E-state index in [1.54, 1.807) is 0 Å². The van der Waals surface area contributed by atoms with Crippen LogP contribution in [0.25, 0.3) is 0 Å². The fourth-order valence-electron chi connectivity index (χ4n) is 2.23. The van der Waals surface area contributed by atoms with Gasteiger partial charge in [-0.1, -0.05) is 13.8 Å². The molecule has 1 aliphatic heterocycles. The Morgan fingerprint density at radius 3 is 2.88 bits per heavy atom. The van der Waals surface area contributed by atoms with Crippen LogP contribution in [-0.4, -0.2) is 10.8 Å².